The molecule has 0 aromatic carbocycles. The zero-order chi connectivity index (χ0) is 17.4. The van der Waals surface area contributed by atoms with Crippen molar-refractivity contribution in [3.63, 3.8) is 0 Å². The van der Waals surface area contributed by atoms with E-state index in [2.05, 4.69) is 27.8 Å². The third-order valence-electron chi connectivity index (χ3n) is 4.73. The van der Waals surface area contributed by atoms with Crippen LogP contribution in [-0.4, -0.2) is 38.4 Å². The van der Waals surface area contributed by atoms with Crippen LogP contribution in [0, 0.1) is 29.6 Å². The number of amides is 2. The van der Waals surface area contributed by atoms with Crippen LogP contribution in [0.1, 0.15) is 38.5 Å². The van der Waals surface area contributed by atoms with Gasteiger partial charge in [-0.1, -0.05) is 18.3 Å². The van der Waals surface area contributed by atoms with E-state index in [0.29, 0.717) is 25.3 Å². The van der Waals surface area contributed by atoms with Crippen LogP contribution in [0.3, 0.4) is 0 Å². The maximum atomic E-state index is 12.7. The summed E-state index contributed by atoms with van der Waals surface area (Å²) in [7, 11) is 0. The van der Waals surface area contributed by atoms with Crippen molar-refractivity contribution in [2.24, 2.45) is 17.8 Å². The summed E-state index contributed by atoms with van der Waals surface area (Å²) >= 11 is 0. The smallest absolute Gasteiger partial charge is 0.338 e. The molecule has 0 bridgehead atoms. The molecule has 1 saturated carbocycles. The van der Waals surface area contributed by atoms with Crippen molar-refractivity contribution < 1.29 is 18.0 Å². The van der Waals surface area contributed by atoms with Crippen LogP contribution in [0.15, 0.2) is 0 Å². The highest BCUT2D eigenvalue weighted by atomic mass is 19.4. The minimum Gasteiger partial charge on any atom is -0.338 e. The molecule has 24 heavy (non-hydrogen) atoms. The van der Waals surface area contributed by atoms with Gasteiger partial charge in [0.2, 0.25) is 0 Å². The number of hydrogen-bond donors (Lipinski definition) is 3. The van der Waals surface area contributed by atoms with Crippen LogP contribution in [0.5, 0.6) is 0 Å². The van der Waals surface area contributed by atoms with E-state index in [1.54, 1.807) is 0 Å². The second-order valence-corrected chi connectivity index (χ2v) is 6.70. The summed E-state index contributed by atoms with van der Waals surface area (Å²) in [5.74, 6) is 4.68. The number of carbonyl (C=O) groups excluding carboxylic acids is 1. The molecule has 2 rings (SSSR count). The quantitative estimate of drug-likeness (QED) is 0.689. The Morgan fingerprint density at radius 1 is 1.17 bits per heavy atom. The highest BCUT2D eigenvalue weighted by Crippen LogP contribution is 2.39. The number of urea groups is 1. The Morgan fingerprint density at radius 3 is 2.71 bits per heavy atom. The molecule has 4 nitrogen and oxygen atoms in total. The Hall–Kier alpha value is -1.42. The number of alkyl halides is 3. The molecule has 136 valence electrons. The minimum atomic E-state index is -4.12. The fourth-order valence-electron chi connectivity index (χ4n) is 3.34. The Bertz CT molecular complexity index is 464. The van der Waals surface area contributed by atoms with E-state index in [4.69, 9.17) is 0 Å². The van der Waals surface area contributed by atoms with Gasteiger partial charge < -0.3 is 16.0 Å². The summed E-state index contributed by atoms with van der Waals surface area (Å²) < 4.78 is 38.2. The third-order valence-corrected chi connectivity index (χ3v) is 4.73. The number of piperidine rings is 1. The van der Waals surface area contributed by atoms with Crippen LogP contribution >= 0.6 is 0 Å². The molecule has 2 aliphatic rings. The van der Waals surface area contributed by atoms with E-state index in [-0.39, 0.29) is 31.3 Å². The topological polar surface area (TPSA) is 53.2 Å². The van der Waals surface area contributed by atoms with Crippen LogP contribution in [0.25, 0.3) is 0 Å². The number of rotatable bonds is 3. The van der Waals surface area contributed by atoms with Crippen molar-refractivity contribution in [2.75, 3.05) is 26.2 Å². The molecule has 2 fully saturated rings. The van der Waals surface area contributed by atoms with Gasteiger partial charge in [-0.15, -0.1) is 0 Å². The van der Waals surface area contributed by atoms with Gasteiger partial charge in [0.1, 0.15) is 0 Å². The zero-order valence-corrected chi connectivity index (χ0v) is 13.8. The molecular weight excluding hydrogens is 319 g/mol. The number of nitrogens with one attached hydrogen (secondary N) is 3. The first-order valence-corrected chi connectivity index (χ1v) is 8.72. The summed E-state index contributed by atoms with van der Waals surface area (Å²) in [4.78, 5) is 11.7. The van der Waals surface area contributed by atoms with E-state index >= 15 is 0 Å². The van der Waals surface area contributed by atoms with Gasteiger partial charge in [-0.2, -0.15) is 13.2 Å². The average Bonchev–Trinajstić information content (AvgIpc) is 2.57. The standard InChI is InChI=1S/C17H26F3N3O/c18-17(19,20)15-7-1-4-13(10-15)5-3-9-22-16(24)23-12-14-6-2-8-21-11-14/h13-15,21H,1-2,4,6-12H2,(H2,22,23,24). The average molecular weight is 345 g/mol. The Kier molecular flexibility index (Phi) is 7.22. The van der Waals surface area contributed by atoms with Crippen molar-refractivity contribution in [1.82, 2.24) is 16.0 Å². The molecule has 3 N–H and O–H groups in total. The highest BCUT2D eigenvalue weighted by Gasteiger charge is 2.41. The van der Waals surface area contributed by atoms with Crippen molar-refractivity contribution in [2.45, 2.75) is 44.7 Å². The minimum absolute atomic E-state index is 0.0807. The van der Waals surface area contributed by atoms with Gasteiger partial charge in [-0.05, 0) is 51.1 Å². The van der Waals surface area contributed by atoms with E-state index in [1.165, 1.54) is 0 Å². The largest absolute Gasteiger partial charge is 0.391 e. The van der Waals surface area contributed by atoms with E-state index in [0.717, 1.165) is 25.9 Å². The first kappa shape index (κ1) is 18.9. The molecule has 1 aliphatic carbocycles. The molecule has 3 atom stereocenters. The second kappa shape index (κ2) is 9.16. The monoisotopic (exact) mass is 345 g/mol. The van der Waals surface area contributed by atoms with Crippen molar-refractivity contribution in [3.05, 3.63) is 0 Å². The molecule has 0 aromatic rings. The SMILES string of the molecule is O=C(NCC#CC1CCCC(C(F)(F)F)C1)NCC1CCCNC1. The number of halogens is 3. The highest BCUT2D eigenvalue weighted by molar-refractivity contribution is 5.74. The number of carbonyl (C=O) groups is 1. The third kappa shape index (κ3) is 6.60. The molecule has 1 saturated heterocycles. The Morgan fingerprint density at radius 2 is 2.00 bits per heavy atom. The van der Waals surface area contributed by atoms with Gasteiger partial charge in [-0.25, -0.2) is 4.79 Å². The Labute approximate surface area is 141 Å². The van der Waals surface area contributed by atoms with Gasteiger partial charge in [0.25, 0.3) is 0 Å². The molecule has 2 amide bonds. The maximum Gasteiger partial charge on any atom is 0.391 e. The fraction of sp³-hybridized carbons (Fsp3) is 0.824. The predicted octanol–water partition coefficient (Wildman–Crippen LogP) is 2.66. The van der Waals surface area contributed by atoms with Gasteiger partial charge >= 0.3 is 12.2 Å². The lowest BCUT2D eigenvalue weighted by molar-refractivity contribution is -0.184. The predicted molar refractivity (Wildman–Crippen MR) is 86.3 cm³/mol. The van der Waals surface area contributed by atoms with Crippen LogP contribution in [0.4, 0.5) is 18.0 Å². The van der Waals surface area contributed by atoms with E-state index < -0.39 is 12.1 Å². The summed E-state index contributed by atoms with van der Waals surface area (Å²) in [6.07, 6.45) is -0.329. The molecule has 1 heterocycles. The Balaban J connectivity index is 1.63. The first-order valence-electron chi connectivity index (χ1n) is 8.72. The fourth-order valence-corrected chi connectivity index (χ4v) is 3.34. The lowest BCUT2D eigenvalue weighted by atomic mass is 9.81. The molecule has 0 spiro atoms. The molecular formula is C17H26F3N3O. The summed E-state index contributed by atoms with van der Waals surface area (Å²) in [6.45, 7) is 2.75. The van der Waals surface area contributed by atoms with Gasteiger partial charge in [-0.3, -0.25) is 0 Å². The van der Waals surface area contributed by atoms with Crippen LogP contribution in [-0.2, 0) is 0 Å². The van der Waals surface area contributed by atoms with Gasteiger partial charge in [0, 0.05) is 12.5 Å². The first-order chi connectivity index (χ1) is 11.4. The summed E-state index contributed by atoms with van der Waals surface area (Å²) in [5, 5.41) is 8.74. The van der Waals surface area contributed by atoms with Crippen molar-refractivity contribution in [1.29, 1.82) is 0 Å². The molecule has 0 radical (unpaired) electrons. The lowest BCUT2D eigenvalue weighted by Crippen LogP contribution is -2.42. The molecule has 1 aliphatic heterocycles. The summed E-state index contributed by atoms with van der Waals surface area (Å²) in [6, 6.07) is -0.272. The van der Waals surface area contributed by atoms with E-state index in [9.17, 15) is 18.0 Å². The maximum absolute atomic E-state index is 12.7. The lowest BCUT2D eigenvalue weighted by Gasteiger charge is -2.27. The van der Waals surface area contributed by atoms with Crippen LogP contribution in [0.2, 0.25) is 0 Å². The molecule has 3 unspecified atom stereocenters. The van der Waals surface area contributed by atoms with Crippen molar-refractivity contribution >= 4 is 6.03 Å². The number of hydrogen-bond acceptors (Lipinski definition) is 2. The molecule has 0 aromatic heterocycles. The molecule has 7 heteroatoms. The van der Waals surface area contributed by atoms with Crippen molar-refractivity contribution in [3.8, 4) is 11.8 Å². The van der Waals surface area contributed by atoms with Gasteiger partial charge in [0.05, 0.1) is 12.5 Å². The van der Waals surface area contributed by atoms with Crippen LogP contribution < -0.4 is 16.0 Å². The normalized spacial score (nSPS) is 27.7. The van der Waals surface area contributed by atoms with Gasteiger partial charge in [0.15, 0.2) is 0 Å². The second-order valence-electron chi connectivity index (χ2n) is 6.70. The van der Waals surface area contributed by atoms with E-state index in [1.807, 2.05) is 0 Å². The zero-order valence-electron chi connectivity index (χ0n) is 13.8. The summed E-state index contributed by atoms with van der Waals surface area (Å²) in [5.41, 5.74) is 0.